The van der Waals surface area contributed by atoms with Crippen molar-refractivity contribution >= 4 is 67.6 Å². The van der Waals surface area contributed by atoms with Gasteiger partial charge in [0.2, 0.25) is 10.0 Å². The Balaban J connectivity index is 1.87. The van der Waals surface area contributed by atoms with E-state index in [-0.39, 0.29) is 4.90 Å². The first-order chi connectivity index (χ1) is 11.8. The number of rotatable bonds is 8. The predicted octanol–water partition coefficient (Wildman–Crippen LogP) is 4.82. The molecule has 0 saturated carbocycles. The van der Waals surface area contributed by atoms with Gasteiger partial charge >= 0.3 is 0 Å². The van der Waals surface area contributed by atoms with Crippen LogP contribution in [0.1, 0.15) is 5.56 Å². The van der Waals surface area contributed by atoms with E-state index in [1.165, 1.54) is 6.07 Å². The Morgan fingerprint density at radius 2 is 1.88 bits per heavy atom. The highest BCUT2D eigenvalue weighted by atomic mass is 127. The molecule has 0 saturated heterocycles. The van der Waals surface area contributed by atoms with Crippen molar-refractivity contribution in [3.05, 3.63) is 55.6 Å². The van der Waals surface area contributed by atoms with Crippen LogP contribution in [0.4, 0.5) is 0 Å². The summed E-state index contributed by atoms with van der Waals surface area (Å²) in [5.41, 5.74) is 0.864. The van der Waals surface area contributed by atoms with E-state index in [9.17, 15) is 8.42 Å². The van der Waals surface area contributed by atoms with E-state index < -0.39 is 10.0 Å². The highest BCUT2D eigenvalue weighted by Gasteiger charge is 2.15. The highest BCUT2D eigenvalue weighted by Crippen LogP contribution is 2.28. The van der Waals surface area contributed by atoms with Crippen LogP contribution in [0, 0.1) is 3.57 Å². The fourth-order valence-corrected chi connectivity index (χ4v) is 5.72. The van der Waals surface area contributed by atoms with E-state index in [0.29, 0.717) is 33.8 Å². The summed E-state index contributed by atoms with van der Waals surface area (Å²) < 4.78 is 33.1. The highest BCUT2D eigenvalue weighted by molar-refractivity contribution is 14.1. The van der Waals surface area contributed by atoms with E-state index >= 15 is 0 Å². The van der Waals surface area contributed by atoms with Crippen molar-refractivity contribution in [2.24, 2.45) is 0 Å². The second-order valence-corrected chi connectivity index (χ2v) is 9.80. The average Bonchev–Trinajstić information content (AvgIpc) is 2.56. The van der Waals surface area contributed by atoms with Crippen molar-refractivity contribution in [3.63, 3.8) is 0 Å². The van der Waals surface area contributed by atoms with Crippen molar-refractivity contribution in [3.8, 4) is 5.75 Å². The molecule has 0 spiro atoms. The number of halogens is 3. The Bertz CT molecular complexity index is 827. The quantitative estimate of drug-likeness (QED) is 0.392. The molecule has 0 fully saturated rings. The number of sulfonamides is 1. The minimum atomic E-state index is -3.55. The van der Waals surface area contributed by atoms with Crippen LogP contribution >= 0.6 is 57.6 Å². The molecule has 1 N–H and O–H groups in total. The molecule has 0 aromatic heterocycles. The molecule has 25 heavy (non-hydrogen) atoms. The fraction of sp³-hybridized carbons (Fsp3) is 0.250. The first kappa shape index (κ1) is 21.1. The van der Waals surface area contributed by atoms with E-state index in [1.54, 1.807) is 49.2 Å². The zero-order valence-electron chi connectivity index (χ0n) is 13.3. The minimum absolute atomic E-state index is 0.219. The Hall–Kier alpha value is -0.190. The van der Waals surface area contributed by atoms with E-state index in [4.69, 9.17) is 27.9 Å². The van der Waals surface area contributed by atoms with E-state index in [2.05, 4.69) is 4.72 Å². The summed E-state index contributed by atoms with van der Waals surface area (Å²) in [6.45, 7) is 0.317. The monoisotopic (exact) mass is 531 g/mol. The third-order valence-corrected chi connectivity index (χ3v) is 7.28. The molecule has 0 amide bonds. The molecule has 0 radical (unpaired) electrons. The third-order valence-electron chi connectivity index (χ3n) is 3.28. The SMILES string of the molecule is COc1ccc(S(=O)(=O)NCCSCc2c(Cl)cccc2Cl)cc1I. The number of hydrogen-bond donors (Lipinski definition) is 1. The summed E-state index contributed by atoms with van der Waals surface area (Å²) >= 11 is 15.8. The lowest BCUT2D eigenvalue weighted by Crippen LogP contribution is -2.26. The second kappa shape index (κ2) is 9.66. The van der Waals surface area contributed by atoms with Gasteiger partial charge in [-0.05, 0) is 58.5 Å². The number of hydrogen-bond acceptors (Lipinski definition) is 4. The van der Waals surface area contributed by atoms with Crippen LogP contribution in [0.5, 0.6) is 5.75 Å². The van der Waals surface area contributed by atoms with Crippen LogP contribution in [-0.4, -0.2) is 27.8 Å². The molecule has 136 valence electrons. The molecule has 0 atom stereocenters. The van der Waals surface area contributed by atoms with Gasteiger partial charge in [-0.25, -0.2) is 13.1 Å². The molecule has 2 aromatic carbocycles. The topological polar surface area (TPSA) is 55.4 Å². The lowest BCUT2D eigenvalue weighted by molar-refractivity contribution is 0.411. The minimum Gasteiger partial charge on any atom is -0.496 e. The summed E-state index contributed by atoms with van der Waals surface area (Å²) in [6.07, 6.45) is 0. The van der Waals surface area contributed by atoms with Gasteiger partial charge in [0.15, 0.2) is 0 Å². The van der Waals surface area contributed by atoms with E-state index in [1.807, 2.05) is 22.6 Å². The maximum atomic E-state index is 12.3. The molecule has 0 heterocycles. The fourth-order valence-electron chi connectivity index (χ4n) is 1.99. The summed E-state index contributed by atoms with van der Waals surface area (Å²) in [5, 5.41) is 1.24. The zero-order chi connectivity index (χ0) is 18.4. The number of nitrogens with one attached hydrogen (secondary N) is 1. The van der Waals surface area contributed by atoms with Gasteiger partial charge in [0.1, 0.15) is 5.75 Å². The number of thioether (sulfide) groups is 1. The largest absolute Gasteiger partial charge is 0.496 e. The average molecular weight is 532 g/mol. The lowest BCUT2D eigenvalue weighted by Gasteiger charge is -2.10. The van der Waals surface area contributed by atoms with Crippen LogP contribution in [0.3, 0.4) is 0 Å². The van der Waals surface area contributed by atoms with Gasteiger partial charge in [0.05, 0.1) is 15.6 Å². The van der Waals surface area contributed by atoms with Crippen molar-refractivity contribution in [1.82, 2.24) is 4.72 Å². The molecule has 2 aromatic rings. The van der Waals surface area contributed by atoms with Gasteiger partial charge in [0.25, 0.3) is 0 Å². The van der Waals surface area contributed by atoms with Crippen LogP contribution in [0.25, 0.3) is 0 Å². The number of ether oxygens (including phenoxy) is 1. The second-order valence-electron chi connectivity index (χ2n) is 4.95. The summed E-state index contributed by atoms with van der Waals surface area (Å²) in [6, 6.07) is 10.1. The number of methoxy groups -OCH3 is 1. The van der Waals surface area contributed by atoms with Crippen LogP contribution < -0.4 is 9.46 Å². The molecule has 9 heteroatoms. The summed E-state index contributed by atoms with van der Waals surface area (Å²) in [7, 11) is -2.00. The summed E-state index contributed by atoms with van der Waals surface area (Å²) in [5.74, 6) is 1.88. The van der Waals surface area contributed by atoms with Gasteiger partial charge in [-0.15, -0.1) is 0 Å². The molecule has 0 aliphatic rings. The molecule has 2 rings (SSSR count). The molecular weight excluding hydrogens is 516 g/mol. The van der Waals surface area contributed by atoms with Gasteiger partial charge in [0, 0.05) is 28.1 Å². The van der Waals surface area contributed by atoms with Crippen LogP contribution in [0.2, 0.25) is 10.0 Å². The van der Waals surface area contributed by atoms with Crippen LogP contribution in [-0.2, 0) is 15.8 Å². The molecule has 0 aliphatic carbocycles. The van der Waals surface area contributed by atoms with Crippen molar-refractivity contribution in [2.45, 2.75) is 10.6 Å². The van der Waals surface area contributed by atoms with Gasteiger partial charge < -0.3 is 4.74 Å². The standard InChI is InChI=1S/C16H16Cl2INO3S2/c1-23-16-6-5-11(9-15(16)19)25(21,22)20-7-8-24-10-12-13(17)3-2-4-14(12)18/h2-6,9,20H,7-8,10H2,1H3. The van der Waals surface area contributed by atoms with Crippen molar-refractivity contribution in [2.75, 3.05) is 19.4 Å². The van der Waals surface area contributed by atoms with Gasteiger partial charge in [-0.1, -0.05) is 29.3 Å². The Labute approximate surface area is 175 Å². The molecule has 4 nitrogen and oxygen atoms in total. The maximum Gasteiger partial charge on any atom is 0.240 e. The smallest absolute Gasteiger partial charge is 0.240 e. The summed E-state index contributed by atoms with van der Waals surface area (Å²) in [4.78, 5) is 0.219. The Morgan fingerprint density at radius 3 is 2.48 bits per heavy atom. The maximum absolute atomic E-state index is 12.3. The molecule has 0 aliphatic heterocycles. The van der Waals surface area contributed by atoms with Gasteiger partial charge in [-0.3, -0.25) is 0 Å². The first-order valence-corrected chi connectivity index (χ1v) is 11.7. The van der Waals surface area contributed by atoms with E-state index in [0.717, 1.165) is 9.13 Å². The Kier molecular flexibility index (Phi) is 8.16. The number of benzene rings is 2. The normalized spacial score (nSPS) is 11.5. The molecule has 0 unspecified atom stereocenters. The van der Waals surface area contributed by atoms with Gasteiger partial charge in [-0.2, -0.15) is 11.8 Å². The van der Waals surface area contributed by atoms with Crippen LogP contribution in [0.15, 0.2) is 41.3 Å². The first-order valence-electron chi connectivity index (χ1n) is 7.19. The predicted molar refractivity (Wildman–Crippen MR) is 114 cm³/mol. The molecule has 0 bridgehead atoms. The van der Waals surface area contributed by atoms with Crippen molar-refractivity contribution < 1.29 is 13.2 Å². The Morgan fingerprint density at radius 1 is 1.20 bits per heavy atom. The third kappa shape index (κ3) is 5.90. The zero-order valence-corrected chi connectivity index (χ0v) is 18.6. The lowest BCUT2D eigenvalue weighted by atomic mass is 10.2. The van der Waals surface area contributed by atoms with Crippen molar-refractivity contribution in [1.29, 1.82) is 0 Å². The molecular formula is C16H16Cl2INO3S2.